The topological polar surface area (TPSA) is 27.1 Å². The van der Waals surface area contributed by atoms with Crippen LogP contribution in [0.2, 0.25) is 18.1 Å². The van der Waals surface area contributed by atoms with Crippen LogP contribution in [0.15, 0.2) is 30.2 Å². The maximum atomic E-state index is 6.37. The standard InChI is InChI=1S/C16H25IN2OSSi/c1-16(2,3)22(4,5)20-10-6-14(19-9-8-18-12-19)15-13(17)7-11-21-15/h7-9,11-12,14H,6,10H2,1-5H3. The summed E-state index contributed by atoms with van der Waals surface area (Å²) in [6.07, 6.45) is 6.79. The molecule has 22 heavy (non-hydrogen) atoms. The second-order valence-corrected chi connectivity index (χ2v) is 14.0. The quantitative estimate of drug-likeness (QED) is 0.428. The van der Waals surface area contributed by atoms with Crippen LogP contribution in [0.3, 0.4) is 0 Å². The molecule has 2 rings (SSSR count). The van der Waals surface area contributed by atoms with Crippen LogP contribution in [0.4, 0.5) is 0 Å². The molecule has 3 nitrogen and oxygen atoms in total. The molecule has 2 aromatic heterocycles. The Morgan fingerprint density at radius 2 is 2.14 bits per heavy atom. The van der Waals surface area contributed by atoms with Crippen molar-refractivity contribution >= 4 is 42.2 Å². The lowest BCUT2D eigenvalue weighted by Gasteiger charge is -2.36. The van der Waals surface area contributed by atoms with Crippen molar-refractivity contribution in [2.75, 3.05) is 6.61 Å². The van der Waals surface area contributed by atoms with Crippen LogP contribution in [0.5, 0.6) is 0 Å². The molecule has 1 unspecified atom stereocenters. The van der Waals surface area contributed by atoms with Crippen molar-refractivity contribution in [1.29, 1.82) is 0 Å². The van der Waals surface area contributed by atoms with Crippen molar-refractivity contribution < 1.29 is 4.43 Å². The molecular formula is C16H25IN2OSSi. The number of aromatic nitrogens is 2. The van der Waals surface area contributed by atoms with Crippen molar-refractivity contribution in [3.8, 4) is 0 Å². The van der Waals surface area contributed by atoms with Gasteiger partial charge in [0.2, 0.25) is 0 Å². The molecule has 0 aliphatic rings. The number of rotatable bonds is 6. The summed E-state index contributed by atoms with van der Waals surface area (Å²) in [5, 5.41) is 2.42. The zero-order chi connectivity index (χ0) is 16.4. The summed E-state index contributed by atoms with van der Waals surface area (Å²) in [6.45, 7) is 12.3. The molecular weight excluding hydrogens is 423 g/mol. The molecule has 2 aromatic rings. The van der Waals surface area contributed by atoms with Crippen LogP contribution in [0, 0.1) is 3.57 Å². The van der Waals surface area contributed by atoms with Gasteiger partial charge in [0.15, 0.2) is 8.32 Å². The van der Waals surface area contributed by atoms with Gasteiger partial charge < -0.3 is 8.99 Å². The van der Waals surface area contributed by atoms with Gasteiger partial charge in [0.1, 0.15) is 0 Å². The van der Waals surface area contributed by atoms with E-state index in [0.29, 0.717) is 6.04 Å². The Labute approximate surface area is 152 Å². The van der Waals surface area contributed by atoms with Crippen LogP contribution in [-0.2, 0) is 4.43 Å². The van der Waals surface area contributed by atoms with E-state index in [1.165, 1.54) is 8.45 Å². The highest BCUT2D eigenvalue weighted by molar-refractivity contribution is 14.1. The van der Waals surface area contributed by atoms with Gasteiger partial charge >= 0.3 is 0 Å². The maximum absolute atomic E-state index is 6.37. The molecule has 0 aliphatic carbocycles. The molecule has 0 amide bonds. The minimum Gasteiger partial charge on any atom is -0.417 e. The fourth-order valence-corrected chi connectivity index (χ4v) is 5.21. The van der Waals surface area contributed by atoms with E-state index in [1.54, 1.807) is 0 Å². The zero-order valence-corrected chi connectivity index (χ0v) is 17.9. The van der Waals surface area contributed by atoms with Gasteiger partial charge in [-0.05, 0) is 58.6 Å². The van der Waals surface area contributed by atoms with Gasteiger partial charge in [-0.15, -0.1) is 11.3 Å². The molecule has 0 spiro atoms. The van der Waals surface area contributed by atoms with Gasteiger partial charge in [-0.2, -0.15) is 0 Å². The minimum atomic E-state index is -1.68. The molecule has 0 radical (unpaired) electrons. The summed E-state index contributed by atoms with van der Waals surface area (Å²) >= 11 is 4.24. The van der Waals surface area contributed by atoms with Crippen LogP contribution in [0.1, 0.15) is 38.1 Å². The minimum absolute atomic E-state index is 0.259. The van der Waals surface area contributed by atoms with Gasteiger partial charge in [0.05, 0.1) is 12.4 Å². The molecule has 0 aliphatic heterocycles. The highest BCUT2D eigenvalue weighted by Crippen LogP contribution is 2.37. The van der Waals surface area contributed by atoms with Gasteiger partial charge in [0, 0.05) is 27.4 Å². The molecule has 0 saturated heterocycles. The number of halogens is 1. The van der Waals surface area contributed by atoms with E-state index in [-0.39, 0.29) is 5.04 Å². The van der Waals surface area contributed by atoms with Gasteiger partial charge in [-0.1, -0.05) is 20.8 Å². The zero-order valence-electron chi connectivity index (χ0n) is 14.0. The summed E-state index contributed by atoms with van der Waals surface area (Å²) in [5.41, 5.74) is 0. The predicted molar refractivity (Wildman–Crippen MR) is 105 cm³/mol. The third kappa shape index (κ3) is 4.21. The molecule has 1 atom stereocenters. The first-order chi connectivity index (χ1) is 10.2. The Morgan fingerprint density at radius 3 is 2.64 bits per heavy atom. The van der Waals surface area contributed by atoms with Crippen LogP contribution >= 0.6 is 33.9 Å². The van der Waals surface area contributed by atoms with Crippen molar-refractivity contribution in [2.45, 2.75) is 51.4 Å². The molecule has 0 saturated carbocycles. The molecule has 0 bridgehead atoms. The first-order valence-corrected chi connectivity index (χ1v) is 12.4. The van der Waals surface area contributed by atoms with E-state index in [4.69, 9.17) is 4.43 Å². The lowest BCUT2D eigenvalue weighted by Crippen LogP contribution is -2.41. The summed E-state index contributed by atoms with van der Waals surface area (Å²) in [5.74, 6) is 0. The second kappa shape index (κ2) is 7.15. The lowest BCUT2D eigenvalue weighted by molar-refractivity contribution is 0.265. The number of hydrogen-bond acceptors (Lipinski definition) is 3. The average Bonchev–Trinajstić information content (AvgIpc) is 3.05. The Balaban J connectivity index is 2.08. The monoisotopic (exact) mass is 448 g/mol. The summed E-state index contributed by atoms with van der Waals surface area (Å²) in [7, 11) is -1.68. The van der Waals surface area contributed by atoms with E-state index in [9.17, 15) is 0 Å². The van der Waals surface area contributed by atoms with Crippen LogP contribution in [0.25, 0.3) is 0 Å². The number of imidazole rings is 1. The van der Waals surface area contributed by atoms with Crippen molar-refractivity contribution in [2.24, 2.45) is 0 Å². The van der Waals surface area contributed by atoms with Crippen molar-refractivity contribution in [3.63, 3.8) is 0 Å². The van der Waals surface area contributed by atoms with Crippen LogP contribution in [-0.4, -0.2) is 24.5 Å². The van der Waals surface area contributed by atoms with Crippen LogP contribution < -0.4 is 0 Å². The maximum Gasteiger partial charge on any atom is 0.191 e. The van der Waals surface area contributed by atoms with E-state index in [1.807, 2.05) is 30.1 Å². The van der Waals surface area contributed by atoms with E-state index >= 15 is 0 Å². The second-order valence-electron chi connectivity index (χ2n) is 7.06. The molecule has 6 heteroatoms. The molecule has 2 heterocycles. The van der Waals surface area contributed by atoms with E-state index in [2.05, 4.69) is 77.5 Å². The average molecular weight is 448 g/mol. The first kappa shape index (κ1) is 18.2. The fourth-order valence-electron chi connectivity index (χ4n) is 2.05. The highest BCUT2D eigenvalue weighted by atomic mass is 127. The Bertz CT molecular complexity index is 590. The smallest absolute Gasteiger partial charge is 0.191 e. The number of thiophene rings is 1. The first-order valence-electron chi connectivity index (χ1n) is 7.56. The summed E-state index contributed by atoms with van der Waals surface area (Å²) in [4.78, 5) is 5.61. The van der Waals surface area contributed by atoms with E-state index in [0.717, 1.165) is 13.0 Å². The SMILES string of the molecule is CC(C)(C)[Si](C)(C)OCCC(c1sccc1I)n1ccnc1. The summed E-state index contributed by atoms with van der Waals surface area (Å²) in [6, 6.07) is 2.50. The Hall–Kier alpha value is -0.183. The Morgan fingerprint density at radius 1 is 1.41 bits per heavy atom. The lowest BCUT2D eigenvalue weighted by atomic mass is 10.2. The predicted octanol–water partition coefficient (Wildman–Crippen LogP) is 5.55. The number of hydrogen-bond donors (Lipinski definition) is 0. The number of nitrogens with zero attached hydrogens (tertiary/aromatic N) is 2. The van der Waals surface area contributed by atoms with Crippen molar-refractivity contribution in [1.82, 2.24) is 9.55 Å². The highest BCUT2D eigenvalue weighted by Gasteiger charge is 2.37. The van der Waals surface area contributed by atoms with Crippen molar-refractivity contribution in [3.05, 3.63) is 38.6 Å². The molecule has 0 N–H and O–H groups in total. The largest absolute Gasteiger partial charge is 0.417 e. The molecule has 0 fully saturated rings. The molecule has 0 aromatic carbocycles. The fraction of sp³-hybridized carbons (Fsp3) is 0.562. The van der Waals surface area contributed by atoms with E-state index < -0.39 is 8.32 Å². The third-order valence-electron chi connectivity index (χ3n) is 4.49. The Kier molecular flexibility index (Phi) is 5.90. The molecule has 122 valence electrons. The van der Waals surface area contributed by atoms with Gasteiger partial charge in [-0.3, -0.25) is 0 Å². The normalized spacial score (nSPS) is 14.3. The third-order valence-corrected chi connectivity index (χ3v) is 11.4. The van der Waals surface area contributed by atoms with Gasteiger partial charge in [-0.25, -0.2) is 4.98 Å². The summed E-state index contributed by atoms with van der Waals surface area (Å²) < 4.78 is 9.89. The van der Waals surface area contributed by atoms with Gasteiger partial charge in [0.25, 0.3) is 0 Å².